The highest BCUT2D eigenvalue weighted by Gasteiger charge is 2.12. The first-order chi connectivity index (χ1) is 9.20. The third-order valence-corrected chi connectivity index (χ3v) is 4.64. The van der Waals surface area contributed by atoms with Crippen molar-refractivity contribution >= 4 is 22.7 Å². The van der Waals surface area contributed by atoms with Gasteiger partial charge in [-0.1, -0.05) is 0 Å². The van der Waals surface area contributed by atoms with E-state index in [-0.39, 0.29) is 6.61 Å². The molecule has 0 aliphatic carbocycles. The SMILES string of the molecule is CC(C)N(CCCO)Cc1csc(-c2ccsc2)n1. The summed E-state index contributed by atoms with van der Waals surface area (Å²) in [5.74, 6) is 0. The molecule has 2 aromatic rings. The Morgan fingerprint density at radius 3 is 2.84 bits per heavy atom. The summed E-state index contributed by atoms with van der Waals surface area (Å²) in [5, 5.41) is 16.4. The molecule has 0 aromatic carbocycles. The van der Waals surface area contributed by atoms with Crippen LogP contribution in [0, 0.1) is 0 Å². The molecular formula is C14H20N2OS2. The lowest BCUT2D eigenvalue weighted by Gasteiger charge is -2.25. The zero-order valence-electron chi connectivity index (χ0n) is 11.4. The maximum atomic E-state index is 8.95. The lowest BCUT2D eigenvalue weighted by atomic mass is 10.2. The molecule has 0 amide bonds. The van der Waals surface area contributed by atoms with E-state index in [1.807, 2.05) is 0 Å². The normalized spacial score (nSPS) is 11.6. The van der Waals surface area contributed by atoms with Crippen LogP contribution in [0.15, 0.2) is 22.2 Å². The fourth-order valence-corrected chi connectivity index (χ4v) is 3.42. The molecule has 0 unspecified atom stereocenters. The van der Waals surface area contributed by atoms with Crippen molar-refractivity contribution in [1.82, 2.24) is 9.88 Å². The van der Waals surface area contributed by atoms with Gasteiger partial charge in [0.05, 0.1) is 5.69 Å². The third kappa shape index (κ3) is 4.11. The van der Waals surface area contributed by atoms with Gasteiger partial charge in [-0.25, -0.2) is 4.98 Å². The number of hydrogen-bond donors (Lipinski definition) is 1. The minimum atomic E-state index is 0.250. The topological polar surface area (TPSA) is 36.4 Å². The Labute approximate surface area is 122 Å². The number of aliphatic hydroxyl groups is 1. The van der Waals surface area contributed by atoms with Crippen molar-refractivity contribution in [3.05, 3.63) is 27.9 Å². The summed E-state index contributed by atoms with van der Waals surface area (Å²) < 4.78 is 0. The zero-order chi connectivity index (χ0) is 13.7. The summed E-state index contributed by atoms with van der Waals surface area (Å²) in [6.45, 7) is 6.39. The highest BCUT2D eigenvalue weighted by Crippen LogP contribution is 2.26. The third-order valence-electron chi connectivity index (χ3n) is 3.02. The predicted octanol–water partition coefficient (Wildman–Crippen LogP) is 3.46. The summed E-state index contributed by atoms with van der Waals surface area (Å²) in [5.41, 5.74) is 2.34. The number of aromatic nitrogens is 1. The Morgan fingerprint density at radius 1 is 1.37 bits per heavy atom. The van der Waals surface area contributed by atoms with E-state index in [1.165, 1.54) is 5.56 Å². The average molecular weight is 296 g/mol. The molecule has 0 atom stereocenters. The second-order valence-electron chi connectivity index (χ2n) is 4.80. The second-order valence-corrected chi connectivity index (χ2v) is 6.44. The van der Waals surface area contributed by atoms with Crippen LogP contribution in [0.1, 0.15) is 26.0 Å². The number of hydrogen-bond acceptors (Lipinski definition) is 5. The van der Waals surface area contributed by atoms with E-state index >= 15 is 0 Å². The Bertz CT molecular complexity index is 479. The van der Waals surface area contributed by atoms with E-state index < -0.39 is 0 Å². The number of aliphatic hydroxyl groups excluding tert-OH is 1. The highest BCUT2D eigenvalue weighted by molar-refractivity contribution is 7.14. The molecule has 0 saturated carbocycles. The molecule has 0 aliphatic rings. The number of thiophene rings is 1. The minimum absolute atomic E-state index is 0.250. The van der Waals surface area contributed by atoms with E-state index in [9.17, 15) is 0 Å². The van der Waals surface area contributed by atoms with Crippen molar-refractivity contribution in [2.24, 2.45) is 0 Å². The number of rotatable bonds is 7. The van der Waals surface area contributed by atoms with Gasteiger partial charge in [0.25, 0.3) is 0 Å². The maximum absolute atomic E-state index is 8.95. The molecule has 0 saturated heterocycles. The Balaban J connectivity index is 2.01. The van der Waals surface area contributed by atoms with E-state index in [0.717, 1.165) is 30.2 Å². The Kier molecular flexibility index (Phi) is 5.51. The molecular weight excluding hydrogens is 276 g/mol. The first-order valence-corrected chi connectivity index (χ1v) is 8.35. The van der Waals surface area contributed by atoms with Gasteiger partial charge in [0.15, 0.2) is 0 Å². The van der Waals surface area contributed by atoms with Crippen LogP contribution in [0.25, 0.3) is 10.6 Å². The van der Waals surface area contributed by atoms with Crippen LogP contribution in [0.5, 0.6) is 0 Å². The predicted molar refractivity (Wildman–Crippen MR) is 82.7 cm³/mol. The molecule has 0 aliphatic heterocycles. The van der Waals surface area contributed by atoms with Crippen LogP contribution in [0.2, 0.25) is 0 Å². The molecule has 0 spiro atoms. The molecule has 0 bridgehead atoms. The first kappa shape index (κ1) is 14.7. The van der Waals surface area contributed by atoms with Crippen LogP contribution in [-0.2, 0) is 6.54 Å². The maximum Gasteiger partial charge on any atom is 0.124 e. The smallest absolute Gasteiger partial charge is 0.124 e. The number of thiazole rings is 1. The Morgan fingerprint density at radius 2 is 2.21 bits per heavy atom. The van der Waals surface area contributed by atoms with Gasteiger partial charge >= 0.3 is 0 Å². The highest BCUT2D eigenvalue weighted by atomic mass is 32.1. The van der Waals surface area contributed by atoms with Gasteiger partial charge in [-0.05, 0) is 31.7 Å². The molecule has 5 heteroatoms. The molecule has 0 radical (unpaired) electrons. The largest absolute Gasteiger partial charge is 0.396 e. The van der Waals surface area contributed by atoms with E-state index in [4.69, 9.17) is 10.1 Å². The van der Waals surface area contributed by atoms with E-state index in [0.29, 0.717) is 6.04 Å². The summed E-state index contributed by atoms with van der Waals surface area (Å²) in [6, 6.07) is 2.58. The fraction of sp³-hybridized carbons (Fsp3) is 0.500. The van der Waals surface area contributed by atoms with Crippen molar-refractivity contribution in [3.63, 3.8) is 0 Å². The molecule has 1 N–H and O–H groups in total. The Hall–Kier alpha value is -0.750. The van der Waals surface area contributed by atoms with Crippen LogP contribution in [0.4, 0.5) is 0 Å². The molecule has 19 heavy (non-hydrogen) atoms. The standard InChI is InChI=1S/C14H20N2OS2/c1-11(2)16(5-3-6-17)8-13-10-19-14(15-13)12-4-7-18-9-12/h4,7,9-11,17H,3,5-6,8H2,1-2H3. The molecule has 2 rings (SSSR count). The first-order valence-electron chi connectivity index (χ1n) is 6.52. The van der Waals surface area contributed by atoms with Gasteiger partial charge in [0, 0.05) is 42.1 Å². The van der Waals surface area contributed by atoms with Crippen LogP contribution >= 0.6 is 22.7 Å². The van der Waals surface area contributed by atoms with E-state index in [2.05, 4.69) is 41.0 Å². The van der Waals surface area contributed by atoms with Crippen molar-refractivity contribution in [3.8, 4) is 10.6 Å². The van der Waals surface area contributed by atoms with Gasteiger partial charge in [-0.2, -0.15) is 11.3 Å². The zero-order valence-corrected chi connectivity index (χ0v) is 13.0. The molecule has 2 aromatic heterocycles. The van der Waals surface area contributed by atoms with Crippen molar-refractivity contribution in [1.29, 1.82) is 0 Å². The van der Waals surface area contributed by atoms with Gasteiger partial charge in [0.1, 0.15) is 5.01 Å². The molecule has 104 valence electrons. The van der Waals surface area contributed by atoms with Gasteiger partial charge in [0.2, 0.25) is 0 Å². The molecule has 3 nitrogen and oxygen atoms in total. The van der Waals surface area contributed by atoms with Crippen molar-refractivity contribution in [2.75, 3.05) is 13.2 Å². The van der Waals surface area contributed by atoms with E-state index in [1.54, 1.807) is 22.7 Å². The minimum Gasteiger partial charge on any atom is -0.396 e. The average Bonchev–Trinajstić information content (AvgIpc) is 3.04. The number of nitrogens with zero attached hydrogens (tertiary/aromatic N) is 2. The van der Waals surface area contributed by atoms with Crippen LogP contribution in [0.3, 0.4) is 0 Å². The van der Waals surface area contributed by atoms with Gasteiger partial charge in [-0.15, -0.1) is 11.3 Å². The summed E-state index contributed by atoms with van der Waals surface area (Å²) >= 11 is 3.41. The van der Waals surface area contributed by atoms with Crippen LogP contribution in [-0.4, -0.2) is 34.2 Å². The summed E-state index contributed by atoms with van der Waals surface area (Å²) in [6.07, 6.45) is 0.819. The lowest BCUT2D eigenvalue weighted by molar-refractivity contribution is 0.183. The van der Waals surface area contributed by atoms with Gasteiger partial charge < -0.3 is 5.11 Å². The fourth-order valence-electron chi connectivity index (χ4n) is 1.90. The van der Waals surface area contributed by atoms with Crippen molar-refractivity contribution in [2.45, 2.75) is 32.9 Å². The molecule has 2 heterocycles. The second kappa shape index (κ2) is 7.14. The summed E-state index contributed by atoms with van der Waals surface area (Å²) in [7, 11) is 0. The quantitative estimate of drug-likeness (QED) is 0.850. The van der Waals surface area contributed by atoms with Crippen molar-refractivity contribution < 1.29 is 5.11 Å². The summed E-state index contributed by atoms with van der Waals surface area (Å²) in [4.78, 5) is 7.05. The van der Waals surface area contributed by atoms with Gasteiger partial charge in [-0.3, -0.25) is 4.90 Å². The monoisotopic (exact) mass is 296 g/mol. The molecule has 0 fully saturated rings. The lowest BCUT2D eigenvalue weighted by Crippen LogP contribution is -2.31. The van der Waals surface area contributed by atoms with Crippen LogP contribution < -0.4 is 0 Å².